The lowest BCUT2D eigenvalue weighted by atomic mass is 10.00. The van der Waals surface area contributed by atoms with Gasteiger partial charge >= 0.3 is 0 Å². The first-order valence-corrected chi connectivity index (χ1v) is 14.5. The number of fused-ring (bicyclic) bond motifs is 3. The van der Waals surface area contributed by atoms with E-state index < -0.39 is 0 Å². The predicted octanol–water partition coefficient (Wildman–Crippen LogP) is 5.56. The average molecular weight is 500 g/mol. The zero-order valence-corrected chi connectivity index (χ0v) is 21.7. The Kier molecular flexibility index (Phi) is 5.67. The van der Waals surface area contributed by atoms with Crippen molar-refractivity contribution in [1.29, 1.82) is 0 Å². The summed E-state index contributed by atoms with van der Waals surface area (Å²) in [7, 11) is 2.27. The van der Waals surface area contributed by atoms with Gasteiger partial charge in [0.15, 0.2) is 0 Å². The van der Waals surface area contributed by atoms with Gasteiger partial charge < -0.3 is 9.64 Å². The molecule has 5 nitrogen and oxygen atoms in total. The van der Waals surface area contributed by atoms with Crippen molar-refractivity contribution in [3.8, 4) is 23.3 Å². The van der Waals surface area contributed by atoms with Crippen molar-refractivity contribution < 1.29 is 4.74 Å². The Morgan fingerprint density at radius 3 is 2.64 bits per heavy atom. The van der Waals surface area contributed by atoms with Crippen LogP contribution >= 0.6 is 11.3 Å². The van der Waals surface area contributed by atoms with Gasteiger partial charge in [-0.3, -0.25) is 9.36 Å². The van der Waals surface area contributed by atoms with Gasteiger partial charge in [0.05, 0.1) is 16.1 Å². The molecule has 7 rings (SSSR count). The van der Waals surface area contributed by atoms with Crippen LogP contribution in [0, 0.1) is 23.7 Å². The molecule has 3 aromatic rings. The molecular formula is C30H33N3O2S. The smallest absolute Gasteiger partial charge is 0.275 e. The number of nitrogens with zero attached hydrogens (tertiary/aromatic N) is 3. The number of benzene rings is 1. The van der Waals surface area contributed by atoms with E-state index in [2.05, 4.69) is 40.9 Å². The molecule has 0 N–H and O–H groups in total. The molecule has 2 aliphatic carbocycles. The van der Waals surface area contributed by atoms with Crippen LogP contribution in [-0.2, 0) is 6.42 Å². The fourth-order valence-corrected chi connectivity index (χ4v) is 6.89. The molecule has 0 amide bonds. The molecule has 2 aromatic heterocycles. The normalized spacial score (nSPS) is 25.6. The lowest BCUT2D eigenvalue weighted by molar-refractivity contribution is 0.0655. The lowest BCUT2D eigenvalue weighted by Gasteiger charge is -2.36. The number of aryl methyl sites for hydroxylation is 1. The first kappa shape index (κ1) is 22.6. The summed E-state index contributed by atoms with van der Waals surface area (Å²) in [6, 6.07) is 9.55. The molecule has 1 unspecified atom stereocenters. The Morgan fingerprint density at radius 2 is 1.89 bits per heavy atom. The summed E-state index contributed by atoms with van der Waals surface area (Å²) in [5.74, 6) is 8.93. The van der Waals surface area contributed by atoms with Crippen molar-refractivity contribution >= 4 is 21.6 Å². The predicted molar refractivity (Wildman–Crippen MR) is 144 cm³/mol. The van der Waals surface area contributed by atoms with Crippen molar-refractivity contribution in [2.45, 2.75) is 82.4 Å². The summed E-state index contributed by atoms with van der Waals surface area (Å²) < 4.78 is 9.04. The number of thiophene rings is 1. The maximum Gasteiger partial charge on any atom is 0.275 e. The molecule has 4 heterocycles. The Bertz CT molecular complexity index is 1410. The van der Waals surface area contributed by atoms with E-state index in [9.17, 15) is 4.79 Å². The van der Waals surface area contributed by atoms with Gasteiger partial charge in [-0.05, 0) is 94.2 Å². The van der Waals surface area contributed by atoms with Crippen LogP contribution < -0.4 is 10.3 Å². The van der Waals surface area contributed by atoms with Gasteiger partial charge in [0.2, 0.25) is 0 Å². The van der Waals surface area contributed by atoms with Gasteiger partial charge in [-0.2, -0.15) is 0 Å². The molecular weight excluding hydrogens is 466 g/mol. The monoisotopic (exact) mass is 499 g/mol. The summed E-state index contributed by atoms with van der Waals surface area (Å²) in [6.07, 6.45) is 14.1. The summed E-state index contributed by atoms with van der Waals surface area (Å²) in [6.45, 7) is 0. The van der Waals surface area contributed by atoms with Gasteiger partial charge in [-0.25, -0.2) is 4.98 Å². The number of hydrogen-bond acceptors (Lipinski definition) is 5. The quantitative estimate of drug-likeness (QED) is 0.417. The SMILES string of the molecule is CN1[C@@H]2CC[C@H]1CC(Oc1ccc(-n3cnc4cc(C#CC5CC5)sc4c3=O)cc1CCC1CC1)C2. The number of ether oxygens (including phenoxy) is 1. The van der Waals surface area contributed by atoms with E-state index >= 15 is 0 Å². The van der Waals surface area contributed by atoms with Gasteiger partial charge in [0.1, 0.15) is 22.9 Å². The van der Waals surface area contributed by atoms with Crippen molar-refractivity contribution in [3.63, 3.8) is 0 Å². The average Bonchev–Trinajstić information content (AvgIpc) is 3.80. The van der Waals surface area contributed by atoms with Crippen molar-refractivity contribution in [2.75, 3.05) is 7.05 Å². The van der Waals surface area contributed by atoms with Crippen LogP contribution in [-0.4, -0.2) is 39.7 Å². The molecule has 0 radical (unpaired) electrons. The molecule has 4 fully saturated rings. The highest BCUT2D eigenvalue weighted by molar-refractivity contribution is 7.19. The molecule has 36 heavy (non-hydrogen) atoms. The second-order valence-electron chi connectivity index (χ2n) is 11.3. The van der Waals surface area contributed by atoms with E-state index in [0.29, 0.717) is 22.7 Å². The Balaban J connectivity index is 1.18. The number of hydrogen-bond donors (Lipinski definition) is 0. The molecule has 6 heteroatoms. The van der Waals surface area contributed by atoms with E-state index in [1.807, 2.05) is 12.1 Å². The number of piperidine rings is 1. The summed E-state index contributed by atoms with van der Waals surface area (Å²) in [4.78, 5) is 21.5. The first-order valence-electron chi connectivity index (χ1n) is 13.7. The molecule has 2 bridgehead atoms. The minimum atomic E-state index is -0.0156. The summed E-state index contributed by atoms with van der Waals surface area (Å²) >= 11 is 1.46. The second kappa shape index (κ2) is 9.04. The van der Waals surface area contributed by atoms with Crippen LogP contribution in [0.15, 0.2) is 35.4 Å². The van der Waals surface area contributed by atoms with E-state index in [4.69, 9.17) is 4.74 Å². The highest BCUT2D eigenvalue weighted by Crippen LogP contribution is 2.38. The highest BCUT2D eigenvalue weighted by atomic mass is 32.1. The van der Waals surface area contributed by atoms with Crippen LogP contribution in [0.5, 0.6) is 5.75 Å². The zero-order chi connectivity index (χ0) is 24.2. The van der Waals surface area contributed by atoms with Crippen LogP contribution in [0.4, 0.5) is 0 Å². The molecule has 2 saturated carbocycles. The maximum absolute atomic E-state index is 13.4. The van der Waals surface area contributed by atoms with E-state index in [-0.39, 0.29) is 11.7 Å². The third-order valence-corrected chi connectivity index (χ3v) is 9.63. The Hall–Kier alpha value is -2.62. The van der Waals surface area contributed by atoms with Gasteiger partial charge in [0.25, 0.3) is 5.56 Å². The molecule has 3 atom stereocenters. The Labute approximate surface area is 216 Å². The Morgan fingerprint density at radius 1 is 1.08 bits per heavy atom. The van der Waals surface area contributed by atoms with E-state index in [1.165, 1.54) is 61.8 Å². The van der Waals surface area contributed by atoms with Crippen LogP contribution in [0.2, 0.25) is 0 Å². The standard InChI is InChI=1S/C30H33N3O2S/c1-32-22-9-10-23(32)16-25(15-22)35-28-13-11-24(14-21(28)8-6-19-2-3-19)33-18-31-27-17-26(12-7-20-4-5-20)36-29(27)30(33)34/h11,13-14,17-20,22-23,25H,2-6,8-10,15-16H2,1H3/t22-,23+,25?. The van der Waals surface area contributed by atoms with Gasteiger partial charge in [-0.15, -0.1) is 11.3 Å². The molecule has 1 aromatic carbocycles. The van der Waals surface area contributed by atoms with Crippen LogP contribution in [0.3, 0.4) is 0 Å². The topological polar surface area (TPSA) is 47.4 Å². The van der Waals surface area contributed by atoms with E-state index in [0.717, 1.165) is 47.0 Å². The zero-order valence-electron chi connectivity index (χ0n) is 20.9. The maximum atomic E-state index is 13.4. The van der Waals surface area contributed by atoms with Crippen molar-refractivity contribution in [3.05, 3.63) is 51.4 Å². The highest BCUT2D eigenvalue weighted by Gasteiger charge is 2.39. The van der Waals surface area contributed by atoms with Gasteiger partial charge in [0, 0.05) is 18.0 Å². The largest absolute Gasteiger partial charge is 0.490 e. The molecule has 2 aliphatic heterocycles. The third-order valence-electron chi connectivity index (χ3n) is 8.60. The molecule has 0 spiro atoms. The molecule has 4 aliphatic rings. The minimum Gasteiger partial charge on any atom is -0.490 e. The lowest BCUT2D eigenvalue weighted by Crippen LogP contribution is -2.43. The van der Waals surface area contributed by atoms with Crippen molar-refractivity contribution in [1.82, 2.24) is 14.5 Å². The molecule has 186 valence electrons. The summed E-state index contributed by atoms with van der Waals surface area (Å²) in [5.41, 5.74) is 2.82. The second-order valence-corrected chi connectivity index (χ2v) is 12.4. The molecule has 2 saturated heterocycles. The first-order chi connectivity index (χ1) is 17.6. The van der Waals surface area contributed by atoms with Gasteiger partial charge in [-0.1, -0.05) is 24.7 Å². The number of aromatic nitrogens is 2. The van der Waals surface area contributed by atoms with E-state index in [1.54, 1.807) is 10.9 Å². The third kappa shape index (κ3) is 4.48. The van der Waals surface area contributed by atoms with Crippen LogP contribution in [0.25, 0.3) is 15.9 Å². The van der Waals surface area contributed by atoms with Crippen molar-refractivity contribution in [2.24, 2.45) is 11.8 Å². The summed E-state index contributed by atoms with van der Waals surface area (Å²) in [5, 5.41) is 0. The minimum absolute atomic E-state index is 0.0156. The fourth-order valence-electron chi connectivity index (χ4n) is 5.99. The fraction of sp³-hybridized carbons (Fsp3) is 0.533. The number of rotatable bonds is 6. The van der Waals surface area contributed by atoms with Crippen LogP contribution in [0.1, 0.15) is 68.2 Å².